The molecule has 3 rings (SSSR count). The molecule has 2 aromatic rings. The minimum Gasteiger partial charge on any atom is -0.479 e. The zero-order valence-corrected chi connectivity index (χ0v) is 16.4. The Labute approximate surface area is 169 Å². The third kappa shape index (κ3) is 5.24. The highest BCUT2D eigenvalue weighted by atomic mass is 35.5. The number of rotatable bonds is 7. The second-order valence-electron chi connectivity index (χ2n) is 6.57. The maximum atomic E-state index is 12.5. The molecule has 0 spiro atoms. The van der Waals surface area contributed by atoms with E-state index in [4.69, 9.17) is 21.1 Å². The van der Waals surface area contributed by atoms with Crippen molar-refractivity contribution in [2.24, 2.45) is 0 Å². The Bertz CT molecular complexity index is 837. The quantitative estimate of drug-likeness (QED) is 0.741. The summed E-state index contributed by atoms with van der Waals surface area (Å²) in [6, 6.07) is 13.8. The van der Waals surface area contributed by atoms with Crippen LogP contribution in [0, 0.1) is 0 Å². The molecule has 1 fully saturated rings. The lowest BCUT2D eigenvalue weighted by molar-refractivity contribution is -0.122. The van der Waals surface area contributed by atoms with E-state index in [-0.39, 0.29) is 17.9 Å². The molecule has 1 heterocycles. The molecular formula is C21H23ClN2O4. The minimum absolute atomic E-state index is 0.0507. The minimum atomic E-state index is -0.789. The van der Waals surface area contributed by atoms with E-state index in [0.717, 1.165) is 19.4 Å². The van der Waals surface area contributed by atoms with E-state index in [1.807, 2.05) is 0 Å². The normalized spacial score (nSPS) is 17.0. The van der Waals surface area contributed by atoms with Gasteiger partial charge in [-0.25, -0.2) is 0 Å². The van der Waals surface area contributed by atoms with Crippen LogP contribution in [0.2, 0.25) is 5.02 Å². The van der Waals surface area contributed by atoms with E-state index in [1.54, 1.807) is 55.5 Å². The van der Waals surface area contributed by atoms with Gasteiger partial charge in [0.1, 0.15) is 5.75 Å². The van der Waals surface area contributed by atoms with Crippen LogP contribution in [0.5, 0.6) is 5.75 Å². The molecule has 1 saturated heterocycles. The van der Waals surface area contributed by atoms with Crippen molar-refractivity contribution in [1.82, 2.24) is 5.32 Å². The van der Waals surface area contributed by atoms with Gasteiger partial charge in [0.05, 0.1) is 22.4 Å². The summed E-state index contributed by atoms with van der Waals surface area (Å²) < 4.78 is 11.2. The van der Waals surface area contributed by atoms with Crippen LogP contribution in [-0.4, -0.2) is 37.2 Å². The van der Waals surface area contributed by atoms with Crippen molar-refractivity contribution in [3.63, 3.8) is 0 Å². The number of hydrogen-bond donors (Lipinski definition) is 2. The monoisotopic (exact) mass is 402 g/mol. The summed E-state index contributed by atoms with van der Waals surface area (Å²) >= 11 is 6.07. The van der Waals surface area contributed by atoms with Gasteiger partial charge in [-0.15, -0.1) is 0 Å². The molecule has 2 N–H and O–H groups in total. The predicted molar refractivity (Wildman–Crippen MR) is 108 cm³/mol. The predicted octanol–water partition coefficient (Wildman–Crippen LogP) is 3.65. The van der Waals surface area contributed by atoms with Gasteiger partial charge < -0.3 is 20.1 Å². The molecule has 1 aliphatic heterocycles. The fourth-order valence-electron chi connectivity index (χ4n) is 2.92. The smallest absolute Gasteiger partial charge is 0.265 e. The number of halogens is 1. The third-order valence-electron chi connectivity index (χ3n) is 4.45. The van der Waals surface area contributed by atoms with Crippen molar-refractivity contribution in [3.8, 4) is 5.75 Å². The highest BCUT2D eigenvalue weighted by molar-refractivity contribution is 6.32. The maximum absolute atomic E-state index is 12.5. The van der Waals surface area contributed by atoms with E-state index in [9.17, 15) is 9.59 Å². The summed E-state index contributed by atoms with van der Waals surface area (Å²) in [4.78, 5) is 25.1. The first kappa shape index (κ1) is 20.2. The molecule has 2 amide bonds. The molecule has 0 bridgehead atoms. The van der Waals surface area contributed by atoms with E-state index in [2.05, 4.69) is 10.6 Å². The first-order valence-electron chi connectivity index (χ1n) is 9.25. The molecule has 0 radical (unpaired) electrons. The fraction of sp³-hybridized carbons (Fsp3) is 0.333. The molecule has 2 atom stereocenters. The van der Waals surface area contributed by atoms with Gasteiger partial charge in [0, 0.05) is 13.2 Å². The van der Waals surface area contributed by atoms with Gasteiger partial charge in [-0.05, 0) is 44.0 Å². The number of hydrogen-bond acceptors (Lipinski definition) is 4. The average molecular weight is 403 g/mol. The number of carbonyl (C=O) groups excluding carboxylic acids is 2. The van der Waals surface area contributed by atoms with Crippen LogP contribution < -0.4 is 15.4 Å². The molecule has 7 heteroatoms. The van der Waals surface area contributed by atoms with Crippen LogP contribution >= 0.6 is 11.6 Å². The first-order chi connectivity index (χ1) is 13.5. The van der Waals surface area contributed by atoms with E-state index in [1.165, 1.54) is 0 Å². The largest absolute Gasteiger partial charge is 0.479 e. The lowest BCUT2D eigenvalue weighted by atomic mass is 10.1. The fourth-order valence-corrected chi connectivity index (χ4v) is 3.10. The van der Waals surface area contributed by atoms with Gasteiger partial charge in [-0.2, -0.15) is 0 Å². The van der Waals surface area contributed by atoms with Crippen molar-refractivity contribution in [3.05, 3.63) is 59.1 Å². The third-order valence-corrected chi connectivity index (χ3v) is 4.77. The van der Waals surface area contributed by atoms with E-state index < -0.39 is 6.10 Å². The van der Waals surface area contributed by atoms with Crippen molar-refractivity contribution < 1.29 is 19.1 Å². The van der Waals surface area contributed by atoms with Crippen LogP contribution in [0.1, 0.15) is 30.1 Å². The Kier molecular flexibility index (Phi) is 6.90. The summed E-state index contributed by atoms with van der Waals surface area (Å²) in [6.07, 6.45) is 1.21. The molecule has 2 unspecified atom stereocenters. The zero-order chi connectivity index (χ0) is 19.9. The average Bonchev–Trinajstić information content (AvgIpc) is 3.22. The van der Waals surface area contributed by atoms with Crippen LogP contribution in [0.4, 0.5) is 5.69 Å². The number of nitrogens with one attached hydrogen (secondary N) is 2. The lowest BCUT2D eigenvalue weighted by Crippen LogP contribution is -2.34. The number of carbonyl (C=O) groups is 2. The Balaban J connectivity index is 1.62. The van der Waals surface area contributed by atoms with Gasteiger partial charge in [-0.1, -0.05) is 35.9 Å². The highest BCUT2D eigenvalue weighted by Crippen LogP contribution is 2.24. The topological polar surface area (TPSA) is 76.7 Å². The van der Waals surface area contributed by atoms with Gasteiger partial charge in [0.25, 0.3) is 11.8 Å². The number of amides is 2. The summed E-state index contributed by atoms with van der Waals surface area (Å²) in [5.41, 5.74) is 0.811. The van der Waals surface area contributed by atoms with E-state index in [0.29, 0.717) is 28.6 Å². The van der Waals surface area contributed by atoms with Gasteiger partial charge in [0.2, 0.25) is 0 Å². The molecule has 148 valence electrons. The molecular weight excluding hydrogens is 380 g/mol. The lowest BCUT2D eigenvalue weighted by Gasteiger charge is -2.17. The van der Waals surface area contributed by atoms with Crippen molar-refractivity contribution >= 4 is 29.1 Å². The Hall–Kier alpha value is -2.57. The highest BCUT2D eigenvalue weighted by Gasteiger charge is 2.21. The number of ether oxygens (including phenoxy) is 2. The SMILES string of the molecule is CC(Oc1ccccc1Cl)C(=O)Nc1ccccc1C(=O)NCC1CCCO1. The van der Waals surface area contributed by atoms with Crippen LogP contribution in [0.15, 0.2) is 48.5 Å². The summed E-state index contributed by atoms with van der Waals surface area (Å²) in [5.74, 6) is -0.209. The van der Waals surface area contributed by atoms with Gasteiger partial charge in [0.15, 0.2) is 6.10 Å². The van der Waals surface area contributed by atoms with Crippen LogP contribution in [-0.2, 0) is 9.53 Å². The Morgan fingerprint density at radius 2 is 1.96 bits per heavy atom. The maximum Gasteiger partial charge on any atom is 0.265 e. The molecule has 1 aliphatic rings. The number of para-hydroxylation sites is 2. The van der Waals surface area contributed by atoms with Crippen molar-refractivity contribution in [2.45, 2.75) is 32.0 Å². The van der Waals surface area contributed by atoms with Crippen LogP contribution in [0.25, 0.3) is 0 Å². The first-order valence-corrected chi connectivity index (χ1v) is 9.63. The second kappa shape index (κ2) is 9.57. The summed E-state index contributed by atoms with van der Waals surface area (Å²) in [6.45, 7) is 2.81. The summed E-state index contributed by atoms with van der Waals surface area (Å²) in [5, 5.41) is 6.05. The molecule has 6 nitrogen and oxygen atoms in total. The van der Waals surface area contributed by atoms with Crippen molar-refractivity contribution in [1.29, 1.82) is 0 Å². The zero-order valence-electron chi connectivity index (χ0n) is 15.6. The second-order valence-corrected chi connectivity index (χ2v) is 6.98. The van der Waals surface area contributed by atoms with Gasteiger partial charge >= 0.3 is 0 Å². The van der Waals surface area contributed by atoms with Gasteiger partial charge in [-0.3, -0.25) is 9.59 Å². The molecule has 0 aliphatic carbocycles. The summed E-state index contributed by atoms with van der Waals surface area (Å²) in [7, 11) is 0. The molecule has 0 saturated carbocycles. The number of anilines is 1. The Morgan fingerprint density at radius 1 is 1.21 bits per heavy atom. The van der Waals surface area contributed by atoms with Crippen molar-refractivity contribution in [2.75, 3.05) is 18.5 Å². The van der Waals surface area contributed by atoms with Crippen LogP contribution in [0.3, 0.4) is 0 Å². The molecule has 2 aromatic carbocycles. The molecule has 0 aromatic heterocycles. The number of benzene rings is 2. The molecule has 28 heavy (non-hydrogen) atoms. The Morgan fingerprint density at radius 3 is 2.71 bits per heavy atom. The standard InChI is InChI=1S/C21H23ClN2O4/c1-14(28-19-11-5-3-9-17(19)22)20(25)24-18-10-4-2-8-16(18)21(26)23-13-15-7-6-12-27-15/h2-5,8-11,14-15H,6-7,12-13H2,1H3,(H,23,26)(H,24,25). The van der Waals surface area contributed by atoms with E-state index >= 15 is 0 Å².